The highest BCUT2D eigenvalue weighted by Crippen LogP contribution is 1.82. The number of nitrogens with two attached hydrogens (primary N) is 1. The smallest absolute Gasteiger partial charge is 0.257 e. The number of hydrogen-bond donors (Lipinski definition) is 2. The van der Waals surface area contributed by atoms with Crippen LogP contribution in [-0.2, 0) is 4.79 Å². The zero-order valence-electron chi connectivity index (χ0n) is 4.62. The minimum Gasteiger partial charge on any atom is -0.375 e. The summed E-state index contributed by atoms with van der Waals surface area (Å²) in [5, 5.41) is 7.98. The van der Waals surface area contributed by atoms with Gasteiger partial charge >= 0.3 is 0 Å². The number of aliphatic imine (C=N–C) groups is 1. The zero-order valence-corrected chi connectivity index (χ0v) is 4.62. The Kier molecular flexibility index (Phi) is 3.54. The third-order valence-corrected chi connectivity index (χ3v) is 0.590. The molecule has 0 aromatic rings. The number of aliphatic hydroxyl groups excluding tert-OH is 1. The Hall–Kier alpha value is -0.970. The molecule has 1 amide bonds. The van der Waals surface area contributed by atoms with E-state index in [-0.39, 0.29) is 0 Å². The molecule has 0 heterocycles. The Morgan fingerprint density at radius 1 is 2.00 bits per heavy atom. The number of aliphatic hydroxyl groups is 1. The van der Waals surface area contributed by atoms with Crippen LogP contribution < -0.4 is 5.73 Å². The first-order valence-corrected chi connectivity index (χ1v) is 2.22. The van der Waals surface area contributed by atoms with E-state index in [1.54, 1.807) is 0 Å². The normalized spacial score (nSPS) is 14.0. The zero-order chi connectivity index (χ0) is 7.28. The second-order valence-corrected chi connectivity index (χ2v) is 1.28. The fourth-order valence-electron chi connectivity index (χ4n) is 0.213. The molecule has 0 bridgehead atoms. The summed E-state index contributed by atoms with van der Waals surface area (Å²) in [5.74, 6) is -1.10. The lowest BCUT2D eigenvalue weighted by molar-refractivity contribution is -0.120. The third kappa shape index (κ3) is 3.60. The number of nitrogens with zero attached hydrogens (tertiary/aromatic N) is 1. The summed E-state index contributed by atoms with van der Waals surface area (Å²) >= 11 is 0. The predicted octanol–water partition coefficient (Wildman–Crippen LogP) is -1.17. The SMILES string of the molecule is NC(=O)C(F)C=NCO. The third-order valence-electron chi connectivity index (χ3n) is 0.590. The van der Waals surface area contributed by atoms with Gasteiger partial charge in [0.05, 0.1) is 0 Å². The highest BCUT2D eigenvalue weighted by atomic mass is 19.1. The van der Waals surface area contributed by atoms with Gasteiger partial charge in [-0.1, -0.05) is 0 Å². The van der Waals surface area contributed by atoms with Crippen LogP contribution in [0.2, 0.25) is 0 Å². The van der Waals surface area contributed by atoms with Crippen molar-refractivity contribution >= 4 is 12.1 Å². The first-order valence-electron chi connectivity index (χ1n) is 2.22. The van der Waals surface area contributed by atoms with E-state index >= 15 is 0 Å². The van der Waals surface area contributed by atoms with E-state index in [4.69, 9.17) is 5.11 Å². The lowest BCUT2D eigenvalue weighted by Crippen LogP contribution is -2.25. The van der Waals surface area contributed by atoms with Gasteiger partial charge in [-0.25, -0.2) is 4.39 Å². The average molecular weight is 134 g/mol. The summed E-state index contributed by atoms with van der Waals surface area (Å²) in [6.07, 6.45) is -1.24. The number of alkyl halides is 1. The van der Waals surface area contributed by atoms with Gasteiger partial charge in [0.25, 0.3) is 5.91 Å². The molecule has 0 aliphatic carbocycles. The molecule has 3 N–H and O–H groups in total. The van der Waals surface area contributed by atoms with Crippen LogP contribution in [0.5, 0.6) is 0 Å². The lowest BCUT2D eigenvalue weighted by atomic mass is 10.4. The van der Waals surface area contributed by atoms with Gasteiger partial charge in [0.2, 0.25) is 6.17 Å². The van der Waals surface area contributed by atoms with E-state index < -0.39 is 18.8 Å². The highest BCUT2D eigenvalue weighted by molar-refractivity contribution is 5.95. The topological polar surface area (TPSA) is 75.7 Å². The molecule has 0 aliphatic rings. The number of halogens is 1. The van der Waals surface area contributed by atoms with Crippen LogP contribution in [0.4, 0.5) is 4.39 Å². The van der Waals surface area contributed by atoms with E-state index in [1.165, 1.54) is 0 Å². The van der Waals surface area contributed by atoms with E-state index in [1.807, 2.05) is 0 Å². The molecule has 0 saturated carbocycles. The van der Waals surface area contributed by atoms with Crippen LogP contribution in [-0.4, -0.2) is 30.1 Å². The van der Waals surface area contributed by atoms with Crippen molar-refractivity contribution in [3.8, 4) is 0 Å². The second-order valence-electron chi connectivity index (χ2n) is 1.28. The monoisotopic (exact) mass is 134 g/mol. The maximum atomic E-state index is 12.0. The first-order chi connectivity index (χ1) is 4.18. The van der Waals surface area contributed by atoms with E-state index in [0.717, 1.165) is 0 Å². The molecule has 0 aromatic carbocycles. The molecule has 0 fully saturated rings. The van der Waals surface area contributed by atoms with E-state index in [2.05, 4.69) is 10.7 Å². The minimum atomic E-state index is -1.89. The number of primary amides is 1. The van der Waals surface area contributed by atoms with Gasteiger partial charge in [-0.15, -0.1) is 0 Å². The van der Waals surface area contributed by atoms with Crippen LogP contribution in [0.25, 0.3) is 0 Å². The Morgan fingerprint density at radius 3 is 2.89 bits per heavy atom. The van der Waals surface area contributed by atoms with Gasteiger partial charge in [0.15, 0.2) is 0 Å². The predicted molar refractivity (Wildman–Crippen MR) is 29.7 cm³/mol. The van der Waals surface area contributed by atoms with Crippen molar-refractivity contribution in [2.75, 3.05) is 6.73 Å². The maximum Gasteiger partial charge on any atom is 0.257 e. The minimum absolute atomic E-state index is 0.534. The summed E-state index contributed by atoms with van der Waals surface area (Å²) < 4.78 is 12.0. The standard InChI is InChI=1S/C4H7FN2O2/c5-3(4(6)9)1-7-2-8/h1,3,8H,2H2,(H2,6,9). The van der Waals surface area contributed by atoms with Crippen molar-refractivity contribution in [1.82, 2.24) is 0 Å². The number of hydrogen-bond acceptors (Lipinski definition) is 3. The first kappa shape index (κ1) is 8.03. The molecule has 5 heteroatoms. The van der Waals surface area contributed by atoms with E-state index in [0.29, 0.717) is 6.21 Å². The fraction of sp³-hybridized carbons (Fsp3) is 0.500. The summed E-state index contributed by atoms with van der Waals surface area (Å²) in [6, 6.07) is 0. The van der Waals surface area contributed by atoms with Gasteiger partial charge in [-0.2, -0.15) is 0 Å². The summed E-state index contributed by atoms with van der Waals surface area (Å²) in [5.41, 5.74) is 4.49. The van der Waals surface area contributed by atoms with Crippen molar-refractivity contribution in [1.29, 1.82) is 0 Å². The Morgan fingerprint density at radius 2 is 2.56 bits per heavy atom. The summed E-state index contributed by atoms with van der Waals surface area (Å²) in [4.78, 5) is 12.9. The number of rotatable bonds is 3. The molecule has 0 spiro atoms. The van der Waals surface area contributed by atoms with Crippen LogP contribution in [0.3, 0.4) is 0 Å². The molecule has 0 rings (SSSR count). The summed E-state index contributed by atoms with van der Waals surface area (Å²) in [7, 11) is 0. The molecule has 0 aromatic heterocycles. The van der Waals surface area contributed by atoms with Gasteiger partial charge in [-0.05, 0) is 0 Å². The molecule has 1 atom stereocenters. The summed E-state index contributed by atoms with van der Waals surface area (Å²) in [6.45, 7) is -0.534. The number of carbonyl (C=O) groups excluding carboxylic acids is 1. The molecule has 4 nitrogen and oxygen atoms in total. The van der Waals surface area contributed by atoms with Crippen molar-refractivity contribution in [3.63, 3.8) is 0 Å². The van der Waals surface area contributed by atoms with Crippen molar-refractivity contribution in [2.24, 2.45) is 10.7 Å². The number of amides is 1. The Balaban J connectivity index is 3.62. The fourth-order valence-corrected chi connectivity index (χ4v) is 0.213. The van der Waals surface area contributed by atoms with Crippen LogP contribution in [0.1, 0.15) is 0 Å². The average Bonchev–Trinajstić information content (AvgIpc) is 1.82. The molecule has 0 radical (unpaired) electrons. The quantitative estimate of drug-likeness (QED) is 0.477. The Bertz CT molecular complexity index is 126. The van der Waals surface area contributed by atoms with Crippen LogP contribution >= 0.6 is 0 Å². The van der Waals surface area contributed by atoms with E-state index in [9.17, 15) is 9.18 Å². The van der Waals surface area contributed by atoms with Gasteiger partial charge in [-0.3, -0.25) is 9.79 Å². The van der Waals surface area contributed by atoms with Crippen molar-refractivity contribution < 1.29 is 14.3 Å². The van der Waals surface area contributed by atoms with Crippen molar-refractivity contribution in [2.45, 2.75) is 6.17 Å². The highest BCUT2D eigenvalue weighted by Gasteiger charge is 2.07. The molecular weight excluding hydrogens is 127 g/mol. The largest absolute Gasteiger partial charge is 0.375 e. The molecule has 9 heavy (non-hydrogen) atoms. The molecule has 0 saturated heterocycles. The van der Waals surface area contributed by atoms with Gasteiger partial charge < -0.3 is 10.8 Å². The molecular formula is C4H7FN2O2. The van der Waals surface area contributed by atoms with Gasteiger partial charge in [0.1, 0.15) is 6.73 Å². The number of carbonyl (C=O) groups is 1. The maximum absolute atomic E-state index is 12.0. The Labute approximate surface area is 51.2 Å². The van der Waals surface area contributed by atoms with Crippen LogP contribution in [0.15, 0.2) is 4.99 Å². The van der Waals surface area contributed by atoms with Crippen molar-refractivity contribution in [3.05, 3.63) is 0 Å². The lowest BCUT2D eigenvalue weighted by Gasteiger charge is -1.91. The molecule has 52 valence electrons. The second kappa shape index (κ2) is 3.96. The molecule has 1 unspecified atom stereocenters. The van der Waals surface area contributed by atoms with Crippen LogP contribution in [0, 0.1) is 0 Å². The molecule has 0 aliphatic heterocycles. The van der Waals surface area contributed by atoms with Gasteiger partial charge in [0, 0.05) is 6.21 Å².